The summed E-state index contributed by atoms with van der Waals surface area (Å²) >= 11 is 6.41. The number of nitrogens with one attached hydrogen (secondary N) is 1. The van der Waals surface area contributed by atoms with Crippen LogP contribution >= 0.6 is 11.6 Å². The Bertz CT molecular complexity index is 473. The van der Waals surface area contributed by atoms with Crippen LogP contribution in [0.2, 0.25) is 5.02 Å². The van der Waals surface area contributed by atoms with Crippen LogP contribution in [0.25, 0.3) is 0 Å². The van der Waals surface area contributed by atoms with Crippen LogP contribution in [0, 0.1) is 0 Å². The van der Waals surface area contributed by atoms with Gasteiger partial charge in [-0.3, -0.25) is 4.79 Å². The number of amides is 1. The van der Waals surface area contributed by atoms with E-state index in [2.05, 4.69) is 11.4 Å². The van der Waals surface area contributed by atoms with E-state index in [4.69, 9.17) is 16.3 Å². The van der Waals surface area contributed by atoms with Gasteiger partial charge in [0.25, 0.3) is 0 Å². The molecule has 1 unspecified atom stereocenters. The standard InChI is InChI=1S/C15H20ClNO2/c1-3-13(18)17-9-8-11-5-4-10-6-7-12(19-2)15(16)14(10)11/h6-7,11H,3-5,8-9H2,1-2H3,(H,17,18). The Morgan fingerprint density at radius 3 is 3.00 bits per heavy atom. The van der Waals surface area contributed by atoms with Gasteiger partial charge in [0.15, 0.2) is 0 Å². The molecule has 1 N–H and O–H groups in total. The van der Waals surface area contributed by atoms with Gasteiger partial charge in [0.1, 0.15) is 5.75 Å². The molecule has 0 spiro atoms. The molecule has 1 aromatic rings. The van der Waals surface area contributed by atoms with Crippen molar-refractivity contribution < 1.29 is 9.53 Å². The summed E-state index contributed by atoms with van der Waals surface area (Å²) in [5.41, 5.74) is 2.53. The smallest absolute Gasteiger partial charge is 0.219 e. The van der Waals surface area contributed by atoms with E-state index in [1.807, 2.05) is 13.0 Å². The first-order valence-electron chi connectivity index (χ1n) is 6.79. The van der Waals surface area contributed by atoms with Crippen LogP contribution in [0.15, 0.2) is 12.1 Å². The first-order valence-corrected chi connectivity index (χ1v) is 7.17. The van der Waals surface area contributed by atoms with Crippen molar-refractivity contribution in [3.05, 3.63) is 28.3 Å². The number of ether oxygens (including phenoxy) is 1. The number of rotatable bonds is 5. The fourth-order valence-corrected chi connectivity index (χ4v) is 3.12. The molecular weight excluding hydrogens is 262 g/mol. The van der Waals surface area contributed by atoms with E-state index in [1.165, 1.54) is 11.1 Å². The second-order valence-electron chi connectivity index (χ2n) is 4.88. The molecule has 0 fully saturated rings. The van der Waals surface area contributed by atoms with E-state index < -0.39 is 0 Å². The Morgan fingerprint density at radius 1 is 1.53 bits per heavy atom. The zero-order chi connectivity index (χ0) is 13.8. The highest BCUT2D eigenvalue weighted by atomic mass is 35.5. The van der Waals surface area contributed by atoms with Gasteiger partial charge >= 0.3 is 0 Å². The lowest BCUT2D eigenvalue weighted by molar-refractivity contribution is -0.120. The number of hydrogen-bond acceptors (Lipinski definition) is 2. The summed E-state index contributed by atoms with van der Waals surface area (Å²) in [6, 6.07) is 4.03. The molecule has 0 bridgehead atoms. The molecule has 3 nitrogen and oxygen atoms in total. The molecule has 1 aliphatic carbocycles. The molecule has 0 heterocycles. The molecule has 0 aliphatic heterocycles. The van der Waals surface area contributed by atoms with Crippen LogP contribution in [0.1, 0.15) is 43.2 Å². The minimum absolute atomic E-state index is 0.106. The van der Waals surface area contributed by atoms with Gasteiger partial charge in [-0.2, -0.15) is 0 Å². The number of aryl methyl sites for hydroxylation is 1. The van der Waals surface area contributed by atoms with Crippen LogP contribution in [0.3, 0.4) is 0 Å². The predicted octanol–water partition coefficient (Wildman–Crippen LogP) is 3.29. The number of carbonyl (C=O) groups is 1. The molecule has 0 saturated heterocycles. The lowest BCUT2D eigenvalue weighted by Gasteiger charge is -2.15. The zero-order valence-electron chi connectivity index (χ0n) is 11.5. The summed E-state index contributed by atoms with van der Waals surface area (Å²) in [4.78, 5) is 11.2. The first kappa shape index (κ1) is 14.2. The van der Waals surface area contributed by atoms with Crippen molar-refractivity contribution in [3.63, 3.8) is 0 Å². The maximum atomic E-state index is 11.2. The van der Waals surface area contributed by atoms with Crippen molar-refractivity contribution in [1.82, 2.24) is 5.32 Å². The lowest BCUT2D eigenvalue weighted by atomic mass is 9.97. The van der Waals surface area contributed by atoms with Crippen molar-refractivity contribution in [2.45, 2.75) is 38.5 Å². The monoisotopic (exact) mass is 281 g/mol. The van der Waals surface area contributed by atoms with E-state index in [9.17, 15) is 4.79 Å². The molecule has 1 aliphatic rings. The van der Waals surface area contributed by atoms with Crippen LogP contribution in [-0.4, -0.2) is 19.6 Å². The van der Waals surface area contributed by atoms with Gasteiger partial charge in [-0.05, 0) is 42.4 Å². The van der Waals surface area contributed by atoms with Gasteiger partial charge in [0.2, 0.25) is 5.91 Å². The average molecular weight is 282 g/mol. The Morgan fingerprint density at radius 2 is 2.32 bits per heavy atom. The van der Waals surface area contributed by atoms with Crippen molar-refractivity contribution >= 4 is 17.5 Å². The highest BCUT2D eigenvalue weighted by Gasteiger charge is 2.26. The highest BCUT2D eigenvalue weighted by molar-refractivity contribution is 6.33. The fraction of sp³-hybridized carbons (Fsp3) is 0.533. The van der Waals surface area contributed by atoms with Crippen LogP contribution in [-0.2, 0) is 11.2 Å². The summed E-state index contributed by atoms with van der Waals surface area (Å²) in [7, 11) is 1.64. The molecule has 19 heavy (non-hydrogen) atoms. The van der Waals surface area contributed by atoms with E-state index in [1.54, 1.807) is 7.11 Å². The Kier molecular flexibility index (Phi) is 4.70. The van der Waals surface area contributed by atoms with E-state index in [-0.39, 0.29) is 5.91 Å². The molecule has 1 atom stereocenters. The van der Waals surface area contributed by atoms with Gasteiger partial charge < -0.3 is 10.1 Å². The second kappa shape index (κ2) is 6.29. The predicted molar refractivity (Wildman–Crippen MR) is 77.0 cm³/mol. The molecule has 104 valence electrons. The number of hydrogen-bond donors (Lipinski definition) is 1. The van der Waals surface area contributed by atoms with Gasteiger partial charge in [0.05, 0.1) is 12.1 Å². The third kappa shape index (κ3) is 3.03. The van der Waals surface area contributed by atoms with Crippen molar-refractivity contribution in [3.8, 4) is 5.75 Å². The Balaban J connectivity index is 2.06. The molecular formula is C15H20ClNO2. The zero-order valence-corrected chi connectivity index (χ0v) is 12.2. The number of benzene rings is 1. The minimum Gasteiger partial charge on any atom is -0.495 e. The Labute approximate surface area is 119 Å². The summed E-state index contributed by atoms with van der Waals surface area (Å²) in [6.45, 7) is 2.58. The van der Waals surface area contributed by atoms with E-state index in [0.717, 1.165) is 30.0 Å². The molecule has 0 radical (unpaired) electrons. The van der Waals surface area contributed by atoms with Gasteiger partial charge in [-0.15, -0.1) is 0 Å². The largest absolute Gasteiger partial charge is 0.495 e. The number of carbonyl (C=O) groups excluding carboxylic acids is 1. The fourth-order valence-electron chi connectivity index (χ4n) is 2.70. The highest BCUT2D eigenvalue weighted by Crippen LogP contribution is 2.43. The van der Waals surface area contributed by atoms with E-state index in [0.29, 0.717) is 18.9 Å². The first-order chi connectivity index (χ1) is 9.17. The van der Waals surface area contributed by atoms with Gasteiger partial charge in [-0.25, -0.2) is 0 Å². The number of fused-ring (bicyclic) bond motifs is 1. The summed E-state index contributed by atoms with van der Waals surface area (Å²) in [5.74, 6) is 1.27. The van der Waals surface area contributed by atoms with Crippen molar-refractivity contribution in [2.75, 3.05) is 13.7 Å². The third-order valence-corrected chi connectivity index (χ3v) is 4.15. The maximum Gasteiger partial charge on any atom is 0.219 e. The van der Waals surface area contributed by atoms with Gasteiger partial charge in [0, 0.05) is 13.0 Å². The molecule has 0 aromatic heterocycles. The van der Waals surface area contributed by atoms with Gasteiger partial charge in [-0.1, -0.05) is 24.6 Å². The minimum atomic E-state index is 0.106. The molecule has 4 heteroatoms. The van der Waals surface area contributed by atoms with Crippen LogP contribution in [0.4, 0.5) is 0 Å². The summed E-state index contributed by atoms with van der Waals surface area (Å²) in [6.07, 6.45) is 3.64. The maximum absolute atomic E-state index is 11.2. The van der Waals surface area contributed by atoms with Crippen molar-refractivity contribution in [2.24, 2.45) is 0 Å². The van der Waals surface area contributed by atoms with Crippen molar-refractivity contribution in [1.29, 1.82) is 0 Å². The van der Waals surface area contributed by atoms with Crippen LogP contribution in [0.5, 0.6) is 5.75 Å². The summed E-state index contributed by atoms with van der Waals surface area (Å²) in [5, 5.41) is 3.66. The average Bonchev–Trinajstić information content (AvgIpc) is 2.83. The molecule has 0 saturated carbocycles. The third-order valence-electron chi connectivity index (χ3n) is 3.76. The second-order valence-corrected chi connectivity index (χ2v) is 5.26. The lowest BCUT2D eigenvalue weighted by Crippen LogP contribution is -2.24. The Hall–Kier alpha value is -1.22. The number of halogens is 1. The summed E-state index contributed by atoms with van der Waals surface area (Å²) < 4.78 is 5.28. The van der Waals surface area contributed by atoms with Crippen LogP contribution < -0.4 is 10.1 Å². The quantitative estimate of drug-likeness (QED) is 0.899. The molecule has 1 amide bonds. The SMILES string of the molecule is CCC(=O)NCCC1CCc2ccc(OC)c(Cl)c21. The normalized spacial score (nSPS) is 17.1. The molecule has 2 rings (SSSR count). The molecule has 1 aromatic carbocycles. The number of methoxy groups -OCH3 is 1. The van der Waals surface area contributed by atoms with E-state index >= 15 is 0 Å². The topological polar surface area (TPSA) is 38.3 Å².